The lowest BCUT2D eigenvalue weighted by Gasteiger charge is -2.19. The fourth-order valence-corrected chi connectivity index (χ4v) is 3.86. The molecule has 0 aliphatic heterocycles. The topological polar surface area (TPSA) is 97.5 Å². The van der Waals surface area contributed by atoms with Crippen LogP contribution in [0.15, 0.2) is 48.7 Å². The van der Waals surface area contributed by atoms with E-state index in [-0.39, 0.29) is 27.5 Å². The van der Waals surface area contributed by atoms with Gasteiger partial charge in [0.2, 0.25) is 0 Å². The molecule has 0 radical (unpaired) electrons. The molecule has 6 nitrogen and oxygen atoms in total. The molecule has 2 aromatic carbocycles. The Morgan fingerprint density at radius 1 is 1.18 bits per heavy atom. The van der Waals surface area contributed by atoms with Crippen molar-refractivity contribution in [3.63, 3.8) is 0 Å². The van der Waals surface area contributed by atoms with E-state index in [0.717, 1.165) is 5.56 Å². The van der Waals surface area contributed by atoms with Gasteiger partial charge in [0, 0.05) is 34.5 Å². The zero-order valence-corrected chi connectivity index (χ0v) is 19.6. The van der Waals surface area contributed by atoms with Crippen LogP contribution in [-0.4, -0.2) is 28.6 Å². The second kappa shape index (κ2) is 10.8. The van der Waals surface area contributed by atoms with E-state index in [2.05, 4.69) is 10.3 Å². The molecule has 0 bridgehead atoms. The number of amides is 1. The molecule has 9 heteroatoms. The molecule has 33 heavy (non-hydrogen) atoms. The molecule has 1 heterocycles. The van der Waals surface area contributed by atoms with E-state index in [1.807, 2.05) is 0 Å². The summed E-state index contributed by atoms with van der Waals surface area (Å²) in [6.45, 7) is 3.74. The zero-order chi connectivity index (χ0) is 24.1. The smallest absolute Gasteiger partial charge is 0.251 e. The van der Waals surface area contributed by atoms with E-state index in [4.69, 9.17) is 33.7 Å². The number of hydrogen-bond acceptors (Lipinski definition) is 5. The molecule has 1 amide bonds. The van der Waals surface area contributed by atoms with E-state index in [0.29, 0.717) is 29.7 Å². The third-order valence-electron chi connectivity index (χ3n) is 5.00. The summed E-state index contributed by atoms with van der Waals surface area (Å²) in [4.78, 5) is 16.4. The number of rotatable bonds is 8. The Morgan fingerprint density at radius 3 is 2.55 bits per heavy atom. The molecule has 0 aliphatic carbocycles. The maximum absolute atomic E-state index is 13.9. The lowest BCUT2D eigenvalue weighted by atomic mass is 10.0. The van der Waals surface area contributed by atoms with Crippen LogP contribution < -0.4 is 15.8 Å². The van der Waals surface area contributed by atoms with Crippen LogP contribution in [0.5, 0.6) is 5.75 Å². The average molecular weight is 492 g/mol. The van der Waals surface area contributed by atoms with Gasteiger partial charge < -0.3 is 20.9 Å². The third kappa shape index (κ3) is 6.13. The predicted molar refractivity (Wildman–Crippen MR) is 128 cm³/mol. The third-order valence-corrected chi connectivity index (χ3v) is 5.71. The van der Waals surface area contributed by atoms with Gasteiger partial charge in [-0.2, -0.15) is 0 Å². The first-order chi connectivity index (χ1) is 15.7. The summed E-state index contributed by atoms with van der Waals surface area (Å²) in [6.07, 6.45) is 0.909. The van der Waals surface area contributed by atoms with Gasteiger partial charge in [0.1, 0.15) is 11.9 Å². The normalized spacial score (nSPS) is 12.8. The first-order valence-corrected chi connectivity index (χ1v) is 11.0. The second-order valence-corrected chi connectivity index (χ2v) is 8.38. The van der Waals surface area contributed by atoms with Crippen LogP contribution in [0.4, 0.5) is 10.2 Å². The molecule has 1 aromatic heterocycles. The van der Waals surface area contributed by atoms with Crippen molar-refractivity contribution in [2.45, 2.75) is 32.5 Å². The Bertz CT molecular complexity index is 1140. The van der Waals surface area contributed by atoms with Gasteiger partial charge in [0.25, 0.3) is 5.91 Å². The number of aromatic nitrogens is 1. The summed E-state index contributed by atoms with van der Waals surface area (Å²) in [6, 6.07) is 11.3. The predicted octanol–water partition coefficient (Wildman–Crippen LogP) is 5.42. The molecule has 0 spiro atoms. The van der Waals surface area contributed by atoms with E-state index >= 15 is 0 Å². The SMILES string of the molecule is C[C@H](Oc1cc(-c2ccc(C(=O)NCC[C@@H](C)O)cc2)cnc1N)c1c(Cl)ccc(F)c1Cl. The van der Waals surface area contributed by atoms with Crippen LogP contribution in [0.25, 0.3) is 11.1 Å². The molecule has 4 N–H and O–H groups in total. The second-order valence-electron chi connectivity index (χ2n) is 7.60. The summed E-state index contributed by atoms with van der Waals surface area (Å²) in [7, 11) is 0. The Kier molecular flexibility index (Phi) is 8.13. The van der Waals surface area contributed by atoms with Gasteiger partial charge in [-0.15, -0.1) is 0 Å². The maximum atomic E-state index is 13.9. The van der Waals surface area contributed by atoms with Crippen LogP contribution in [0.1, 0.15) is 42.3 Å². The van der Waals surface area contributed by atoms with Crippen molar-refractivity contribution in [1.29, 1.82) is 0 Å². The van der Waals surface area contributed by atoms with Crippen molar-refractivity contribution in [1.82, 2.24) is 10.3 Å². The number of carbonyl (C=O) groups is 1. The van der Waals surface area contributed by atoms with Crippen molar-refractivity contribution >= 4 is 34.9 Å². The number of halogens is 3. The Hall–Kier alpha value is -2.87. The zero-order valence-electron chi connectivity index (χ0n) is 18.1. The van der Waals surface area contributed by atoms with Crippen LogP contribution in [0.3, 0.4) is 0 Å². The van der Waals surface area contributed by atoms with Crippen LogP contribution in [0, 0.1) is 5.82 Å². The monoisotopic (exact) mass is 491 g/mol. The fraction of sp³-hybridized carbons (Fsp3) is 0.250. The summed E-state index contributed by atoms with van der Waals surface area (Å²) in [5, 5.41) is 12.2. The van der Waals surface area contributed by atoms with Gasteiger partial charge >= 0.3 is 0 Å². The Labute approximate surface area is 201 Å². The number of hydrogen-bond donors (Lipinski definition) is 3. The highest BCUT2D eigenvalue weighted by Gasteiger charge is 2.20. The largest absolute Gasteiger partial charge is 0.482 e. The maximum Gasteiger partial charge on any atom is 0.251 e. The minimum absolute atomic E-state index is 0.111. The molecule has 0 fully saturated rings. The van der Waals surface area contributed by atoms with Gasteiger partial charge in [-0.05, 0) is 56.2 Å². The van der Waals surface area contributed by atoms with Crippen LogP contribution >= 0.6 is 23.2 Å². The van der Waals surface area contributed by atoms with Crippen molar-refractivity contribution in [2.75, 3.05) is 12.3 Å². The first-order valence-electron chi connectivity index (χ1n) is 10.3. The molecular weight excluding hydrogens is 468 g/mol. The number of anilines is 1. The number of benzene rings is 2. The van der Waals surface area contributed by atoms with Crippen molar-refractivity contribution in [2.24, 2.45) is 0 Å². The Morgan fingerprint density at radius 2 is 1.88 bits per heavy atom. The quantitative estimate of drug-likeness (QED) is 0.365. The van der Waals surface area contributed by atoms with Gasteiger partial charge in [-0.1, -0.05) is 35.3 Å². The number of nitrogen functional groups attached to an aromatic ring is 1. The number of nitrogens with zero attached hydrogens (tertiary/aromatic N) is 1. The van der Waals surface area contributed by atoms with Crippen LogP contribution in [-0.2, 0) is 0 Å². The molecule has 3 rings (SSSR count). The van der Waals surface area contributed by atoms with E-state index in [1.165, 1.54) is 12.1 Å². The lowest BCUT2D eigenvalue weighted by Crippen LogP contribution is -2.26. The van der Waals surface area contributed by atoms with E-state index < -0.39 is 18.0 Å². The minimum atomic E-state index is -0.687. The van der Waals surface area contributed by atoms with Crippen molar-refractivity contribution in [3.8, 4) is 16.9 Å². The van der Waals surface area contributed by atoms with Gasteiger partial charge in [0.05, 0.1) is 11.1 Å². The Balaban J connectivity index is 1.78. The molecule has 0 saturated heterocycles. The standard InChI is InChI=1S/C24H24Cl2FN3O3/c1-13(31)9-10-29-24(32)16-5-3-15(4-6-16)17-11-20(23(28)30-12-17)33-14(2)21-18(25)7-8-19(27)22(21)26/h3-8,11-14,31H,9-10H2,1-2H3,(H2,28,30)(H,29,32)/t13-,14+/m1/s1. The molecule has 0 saturated carbocycles. The van der Waals surface area contributed by atoms with E-state index in [9.17, 15) is 14.3 Å². The summed E-state index contributed by atoms with van der Waals surface area (Å²) in [5.41, 5.74) is 8.30. The minimum Gasteiger partial charge on any atom is -0.482 e. The van der Waals surface area contributed by atoms with Crippen LogP contribution in [0.2, 0.25) is 10.0 Å². The first kappa shape index (κ1) is 24.8. The number of aliphatic hydroxyl groups excluding tert-OH is 1. The molecule has 174 valence electrons. The molecule has 2 atom stereocenters. The number of ether oxygens (including phenoxy) is 1. The van der Waals surface area contributed by atoms with Gasteiger partial charge in [-0.25, -0.2) is 9.37 Å². The number of aliphatic hydroxyl groups is 1. The van der Waals surface area contributed by atoms with Crippen molar-refractivity contribution < 1.29 is 19.0 Å². The summed E-state index contributed by atoms with van der Waals surface area (Å²) in [5.74, 6) is -0.375. The number of nitrogens with two attached hydrogens (primary N) is 1. The number of pyridine rings is 1. The molecule has 0 unspecified atom stereocenters. The highest BCUT2D eigenvalue weighted by molar-refractivity contribution is 6.36. The molecule has 3 aromatic rings. The summed E-state index contributed by atoms with van der Waals surface area (Å²) >= 11 is 12.3. The van der Waals surface area contributed by atoms with Gasteiger partial charge in [0.15, 0.2) is 11.6 Å². The van der Waals surface area contributed by atoms with E-state index in [1.54, 1.807) is 50.4 Å². The van der Waals surface area contributed by atoms with Gasteiger partial charge in [-0.3, -0.25) is 4.79 Å². The highest BCUT2D eigenvalue weighted by atomic mass is 35.5. The lowest BCUT2D eigenvalue weighted by molar-refractivity contribution is 0.0945. The highest BCUT2D eigenvalue weighted by Crippen LogP contribution is 2.37. The number of carbonyl (C=O) groups excluding carboxylic acids is 1. The average Bonchev–Trinajstić information content (AvgIpc) is 2.78. The fourth-order valence-electron chi connectivity index (χ4n) is 3.18. The summed E-state index contributed by atoms with van der Waals surface area (Å²) < 4.78 is 19.8. The molecular formula is C24H24Cl2FN3O3. The number of nitrogens with one attached hydrogen (secondary N) is 1. The van der Waals surface area contributed by atoms with Crippen molar-refractivity contribution in [3.05, 3.63) is 75.7 Å². The molecule has 0 aliphatic rings.